The quantitative estimate of drug-likeness (QED) is 0.164. The van der Waals surface area contributed by atoms with E-state index in [2.05, 4.69) is 4.74 Å². The first-order valence-corrected chi connectivity index (χ1v) is 15.0. The minimum absolute atomic E-state index is 0.168. The molecule has 1 aromatic carbocycles. The van der Waals surface area contributed by atoms with Gasteiger partial charge in [0, 0.05) is 6.42 Å². The van der Waals surface area contributed by atoms with Crippen LogP contribution in [0.25, 0.3) is 0 Å². The summed E-state index contributed by atoms with van der Waals surface area (Å²) in [4.78, 5) is 0. The average Bonchev–Trinajstić information content (AvgIpc) is 3.51. The molecule has 2 heterocycles. The predicted octanol–water partition coefficient (Wildman–Crippen LogP) is 11.2. The maximum absolute atomic E-state index is 15.7. The number of ether oxygens (including phenoxy) is 4. The summed E-state index contributed by atoms with van der Waals surface area (Å²) in [5.41, 5.74) is -1.64. The second kappa shape index (κ2) is 14.1. The van der Waals surface area contributed by atoms with Crippen molar-refractivity contribution in [2.45, 2.75) is 135 Å². The molecule has 2 aliphatic rings. The Kier molecular flexibility index (Phi) is 12.1. The van der Waals surface area contributed by atoms with Gasteiger partial charge in [0.05, 0.1) is 6.10 Å². The summed E-state index contributed by atoms with van der Waals surface area (Å²) in [5, 5.41) is 0. The van der Waals surface area contributed by atoms with Crippen molar-refractivity contribution in [2.75, 3.05) is 0 Å². The molecule has 0 amide bonds. The van der Waals surface area contributed by atoms with Crippen LogP contribution in [-0.2, 0) is 18.9 Å². The molecular weight excluding hydrogens is 894 g/mol. The van der Waals surface area contributed by atoms with Crippen LogP contribution in [0.1, 0.15) is 38.4 Å². The number of rotatable bonds is 15. The Bertz CT molecular complexity index is 1600. The molecule has 4 nitrogen and oxygen atoms in total. The highest BCUT2D eigenvalue weighted by molar-refractivity contribution is 5.24. The lowest BCUT2D eigenvalue weighted by Gasteiger charge is -2.42. The molecule has 1 unspecified atom stereocenters. The molecule has 2 fully saturated rings. The van der Waals surface area contributed by atoms with Gasteiger partial charge < -0.3 is 18.9 Å². The lowest BCUT2D eigenvalue weighted by atomic mass is 9.88. The molecule has 5 atom stereocenters. The third-order valence-corrected chi connectivity index (χ3v) is 8.51. The smallest absolute Gasteiger partial charge is 0.358 e. The van der Waals surface area contributed by atoms with Gasteiger partial charge in [-0.1, -0.05) is 30.3 Å². The maximum atomic E-state index is 15.7. The number of halogens is 26. The molecule has 0 aromatic heterocycles. The molecule has 1 aromatic rings. The summed E-state index contributed by atoms with van der Waals surface area (Å²) in [6, 6.07) is 2.22. The topological polar surface area (TPSA) is 36.9 Å². The van der Waals surface area contributed by atoms with Gasteiger partial charge in [0.1, 0.15) is 12.2 Å². The Labute approximate surface area is 304 Å². The normalized spacial score (nSPS) is 24.3. The highest BCUT2D eigenvalue weighted by Gasteiger charge is 2.92. The highest BCUT2D eigenvalue weighted by Crippen LogP contribution is 2.64. The molecule has 0 radical (unpaired) electrons. The van der Waals surface area contributed by atoms with Gasteiger partial charge in [-0.05, 0) is 25.8 Å². The fraction of sp³-hybridized carbons (Fsp3) is 0.786. The summed E-state index contributed by atoms with van der Waals surface area (Å²) >= 11 is 0. The Hall–Kier alpha value is -2.76. The second-order valence-electron chi connectivity index (χ2n) is 13.0. The molecular formula is C28H20F26O4. The van der Waals surface area contributed by atoms with Gasteiger partial charge in [0.15, 0.2) is 18.2 Å². The van der Waals surface area contributed by atoms with E-state index >= 15 is 17.6 Å². The number of hydrogen-bond acceptors (Lipinski definition) is 4. The van der Waals surface area contributed by atoms with Gasteiger partial charge in [0.25, 0.3) is 0 Å². The highest BCUT2D eigenvalue weighted by atomic mass is 19.4. The van der Waals surface area contributed by atoms with Gasteiger partial charge in [-0.25, -0.2) is 0 Å². The van der Waals surface area contributed by atoms with Crippen LogP contribution in [0, 0.1) is 0 Å². The lowest BCUT2D eigenvalue weighted by molar-refractivity contribution is -0.446. The van der Waals surface area contributed by atoms with E-state index in [0.717, 1.165) is 19.9 Å². The number of benzene rings is 1. The van der Waals surface area contributed by atoms with Crippen molar-refractivity contribution in [3.05, 3.63) is 35.9 Å². The Morgan fingerprint density at radius 3 is 1.34 bits per heavy atom. The van der Waals surface area contributed by atoms with E-state index in [1.165, 1.54) is 0 Å². The Balaban J connectivity index is 2.13. The van der Waals surface area contributed by atoms with Crippen molar-refractivity contribution in [2.24, 2.45) is 0 Å². The molecule has 30 heteroatoms. The SMILES string of the molecule is CC1(C)O[C@H]2O[C@H](CCC(F)(F)C(F)(F)C(F)(F)C(F)(F)C(F)(F)C(F)(F)F)[C@H](OC(c3ccccc3)C(F)(F)C(F)(F)C(F)(F)C(F)(F)C(F)(F)C(F)(F)F)[C@H]2O1. The van der Waals surface area contributed by atoms with E-state index in [0.29, 0.717) is 12.1 Å². The molecule has 2 saturated heterocycles. The van der Waals surface area contributed by atoms with Crippen molar-refractivity contribution < 1.29 is 133 Å². The van der Waals surface area contributed by atoms with Crippen LogP contribution >= 0.6 is 0 Å². The number of fused-ring (bicyclic) bond motifs is 1. The van der Waals surface area contributed by atoms with Crippen molar-refractivity contribution in [3.8, 4) is 0 Å². The zero-order valence-corrected chi connectivity index (χ0v) is 27.6. The molecule has 0 N–H and O–H groups in total. The summed E-state index contributed by atoms with van der Waals surface area (Å²) in [5.74, 6) is -82.2. The van der Waals surface area contributed by atoms with E-state index < -0.39 is 126 Å². The monoisotopic (exact) mass is 914 g/mol. The van der Waals surface area contributed by atoms with Crippen molar-refractivity contribution in [1.29, 1.82) is 0 Å². The third kappa shape index (κ3) is 7.28. The zero-order chi connectivity index (χ0) is 45.7. The van der Waals surface area contributed by atoms with E-state index in [4.69, 9.17) is 14.2 Å². The summed E-state index contributed by atoms with van der Waals surface area (Å²) in [6.07, 6.45) is -36.2. The molecule has 0 aliphatic carbocycles. The van der Waals surface area contributed by atoms with Crippen LogP contribution in [0.15, 0.2) is 30.3 Å². The fourth-order valence-electron chi connectivity index (χ4n) is 5.33. The van der Waals surface area contributed by atoms with E-state index in [1.54, 1.807) is 0 Å². The van der Waals surface area contributed by atoms with Crippen LogP contribution in [-0.4, -0.2) is 102 Å². The van der Waals surface area contributed by atoms with Crippen LogP contribution in [0.5, 0.6) is 0 Å². The first-order chi connectivity index (χ1) is 25.4. The molecule has 58 heavy (non-hydrogen) atoms. The second-order valence-corrected chi connectivity index (χ2v) is 13.0. The Morgan fingerprint density at radius 2 is 0.931 bits per heavy atom. The van der Waals surface area contributed by atoms with E-state index in [9.17, 15) is 96.6 Å². The largest absolute Gasteiger partial charge is 0.460 e. The van der Waals surface area contributed by atoms with Gasteiger partial charge in [-0.3, -0.25) is 0 Å². The van der Waals surface area contributed by atoms with Gasteiger partial charge >= 0.3 is 71.6 Å². The third-order valence-electron chi connectivity index (χ3n) is 8.51. The van der Waals surface area contributed by atoms with Crippen molar-refractivity contribution in [1.82, 2.24) is 0 Å². The summed E-state index contributed by atoms with van der Waals surface area (Å²) in [6.45, 7) is 1.74. The average molecular weight is 914 g/mol. The van der Waals surface area contributed by atoms with Crippen LogP contribution in [0.2, 0.25) is 0 Å². The maximum Gasteiger partial charge on any atom is 0.460 e. The van der Waals surface area contributed by atoms with Gasteiger partial charge in [0.2, 0.25) is 0 Å². The standard InChI is InChI=1S/C28H20F26O4/c1-16(2)57-13-12(11(55-15(13)58-16)8-9-17(29,30)19(33,34)21(37,38)23(41,42)25(45,46)27(49,50)51)56-14(10-6-4-3-5-7-10)18(31,32)20(35,36)22(39,40)24(43,44)26(47,48)28(52,53)54/h3-7,11-15H,8-9H2,1-2H3/t11-,12+,13-,14?,15-/m1/s1. The first kappa shape index (κ1) is 49.6. The minimum atomic E-state index is -8.44. The van der Waals surface area contributed by atoms with Crippen molar-refractivity contribution in [3.63, 3.8) is 0 Å². The van der Waals surface area contributed by atoms with Crippen LogP contribution < -0.4 is 0 Å². The Morgan fingerprint density at radius 1 is 0.534 bits per heavy atom. The number of hydrogen-bond donors (Lipinski definition) is 0. The number of alkyl halides is 26. The molecule has 2 aliphatic heterocycles. The minimum Gasteiger partial charge on any atom is -0.358 e. The molecule has 3 rings (SSSR count). The van der Waals surface area contributed by atoms with Crippen molar-refractivity contribution >= 4 is 0 Å². The van der Waals surface area contributed by atoms with Crippen LogP contribution in [0.3, 0.4) is 0 Å². The molecule has 0 saturated carbocycles. The fourth-order valence-corrected chi connectivity index (χ4v) is 5.33. The first-order valence-electron chi connectivity index (χ1n) is 15.0. The van der Waals surface area contributed by atoms with E-state index in [-0.39, 0.29) is 12.1 Å². The zero-order valence-electron chi connectivity index (χ0n) is 27.6. The van der Waals surface area contributed by atoms with Gasteiger partial charge in [-0.2, -0.15) is 114 Å². The molecule has 338 valence electrons. The summed E-state index contributed by atoms with van der Waals surface area (Å²) < 4.78 is 380. The molecule has 0 bridgehead atoms. The lowest BCUT2D eigenvalue weighted by Crippen LogP contribution is -2.71. The summed E-state index contributed by atoms with van der Waals surface area (Å²) in [7, 11) is 0. The van der Waals surface area contributed by atoms with Gasteiger partial charge in [-0.15, -0.1) is 0 Å². The predicted molar refractivity (Wildman–Crippen MR) is 134 cm³/mol. The van der Waals surface area contributed by atoms with Crippen LogP contribution in [0.4, 0.5) is 114 Å². The molecule has 0 spiro atoms. The van der Waals surface area contributed by atoms with E-state index in [1.807, 2.05) is 0 Å².